The largest absolute Gasteiger partial charge is 0.459 e. The first-order valence-electron chi connectivity index (χ1n) is 6.39. The molecule has 0 saturated carbocycles. The summed E-state index contributed by atoms with van der Waals surface area (Å²) in [5.74, 6) is 0.231. The average Bonchev–Trinajstić information content (AvgIpc) is 2.67. The lowest BCUT2D eigenvalue weighted by Gasteiger charge is -2.07. The van der Waals surface area contributed by atoms with Crippen LogP contribution in [0.15, 0.2) is 5.16 Å². The summed E-state index contributed by atoms with van der Waals surface area (Å²) in [6.45, 7) is 5.01. The lowest BCUT2D eigenvalue weighted by atomic mass is 10.3. The molecule has 7 heteroatoms. The van der Waals surface area contributed by atoms with Crippen LogP contribution >= 0.6 is 11.8 Å². The third-order valence-corrected chi connectivity index (χ3v) is 3.75. The molecule has 6 nitrogen and oxygen atoms in total. The Morgan fingerprint density at radius 2 is 1.80 bits per heavy atom. The Morgan fingerprint density at radius 3 is 2.35 bits per heavy atom. The van der Waals surface area contributed by atoms with E-state index >= 15 is 0 Å². The van der Waals surface area contributed by atoms with Crippen molar-refractivity contribution in [3.8, 4) is 0 Å². The molecule has 112 valence electrons. The molecule has 0 radical (unpaired) electrons. The molecule has 0 spiro atoms. The number of carbonyl (C=O) groups is 2. The van der Waals surface area contributed by atoms with Gasteiger partial charge in [-0.25, -0.2) is 4.98 Å². The van der Waals surface area contributed by atoms with Crippen LogP contribution in [0.5, 0.6) is 0 Å². The van der Waals surface area contributed by atoms with Gasteiger partial charge in [0.2, 0.25) is 0 Å². The molecular formula is C13H20N2O4S. The van der Waals surface area contributed by atoms with Gasteiger partial charge in [0.1, 0.15) is 18.9 Å². The van der Waals surface area contributed by atoms with Crippen LogP contribution in [0.1, 0.15) is 38.6 Å². The van der Waals surface area contributed by atoms with Gasteiger partial charge in [0.15, 0.2) is 5.16 Å². The van der Waals surface area contributed by atoms with Gasteiger partial charge in [0.05, 0.1) is 5.69 Å². The highest BCUT2D eigenvalue weighted by Gasteiger charge is 2.17. The fourth-order valence-corrected chi connectivity index (χ4v) is 2.39. The number of carbonyl (C=O) groups excluding carboxylic acids is 2. The average molecular weight is 300 g/mol. The minimum atomic E-state index is -0.364. The Balaban J connectivity index is 2.91. The number of ether oxygens (including phenoxy) is 2. The molecule has 0 N–H and O–H groups in total. The van der Waals surface area contributed by atoms with E-state index < -0.39 is 0 Å². The number of thioether (sulfide) groups is 1. The summed E-state index contributed by atoms with van der Waals surface area (Å²) in [5.41, 5.74) is 1.38. The van der Waals surface area contributed by atoms with Crippen LogP contribution in [0, 0.1) is 0 Å². The van der Waals surface area contributed by atoms with Gasteiger partial charge in [0, 0.05) is 26.6 Å². The Hall–Kier alpha value is -1.50. The van der Waals surface area contributed by atoms with Crippen molar-refractivity contribution < 1.29 is 19.1 Å². The van der Waals surface area contributed by atoms with Gasteiger partial charge < -0.3 is 14.0 Å². The van der Waals surface area contributed by atoms with Crippen molar-refractivity contribution in [1.29, 1.82) is 0 Å². The third-order valence-electron chi connectivity index (χ3n) is 2.52. The molecule has 0 atom stereocenters. The van der Waals surface area contributed by atoms with Crippen LogP contribution < -0.4 is 0 Å². The molecule has 0 aromatic carbocycles. The molecule has 1 aromatic rings. The minimum Gasteiger partial charge on any atom is -0.459 e. The van der Waals surface area contributed by atoms with E-state index in [1.807, 2.05) is 11.6 Å². The van der Waals surface area contributed by atoms with Crippen molar-refractivity contribution >= 4 is 23.7 Å². The fraction of sp³-hybridized carbons (Fsp3) is 0.615. The monoisotopic (exact) mass is 300 g/mol. The van der Waals surface area contributed by atoms with Gasteiger partial charge in [-0.2, -0.15) is 0 Å². The summed E-state index contributed by atoms with van der Waals surface area (Å²) in [6, 6.07) is 0. The predicted molar refractivity (Wildman–Crippen MR) is 75.2 cm³/mol. The number of hydrogen-bond donors (Lipinski definition) is 0. The number of imidazole rings is 1. The molecule has 0 amide bonds. The van der Waals surface area contributed by atoms with E-state index in [9.17, 15) is 9.59 Å². The molecule has 20 heavy (non-hydrogen) atoms. The third kappa shape index (κ3) is 4.88. The van der Waals surface area contributed by atoms with Crippen LogP contribution in [0.3, 0.4) is 0 Å². The topological polar surface area (TPSA) is 70.4 Å². The quantitative estimate of drug-likeness (QED) is 0.567. The molecular weight excluding hydrogens is 280 g/mol. The molecule has 1 heterocycles. The Morgan fingerprint density at radius 1 is 1.20 bits per heavy atom. The van der Waals surface area contributed by atoms with Crippen molar-refractivity contribution in [3.63, 3.8) is 0 Å². The van der Waals surface area contributed by atoms with Crippen molar-refractivity contribution in [2.45, 2.75) is 45.6 Å². The van der Waals surface area contributed by atoms with Crippen LogP contribution in [0.25, 0.3) is 0 Å². The van der Waals surface area contributed by atoms with E-state index in [1.54, 1.807) is 11.8 Å². The van der Waals surface area contributed by atoms with E-state index in [0.29, 0.717) is 5.69 Å². The maximum absolute atomic E-state index is 10.9. The van der Waals surface area contributed by atoms with Gasteiger partial charge in [0.25, 0.3) is 0 Å². The SMILES string of the molecule is CCCSc1nc(COC(C)=O)c(COC(C)=O)n1C. The van der Waals surface area contributed by atoms with Crippen LogP contribution in [0.4, 0.5) is 0 Å². The number of rotatable bonds is 7. The molecule has 0 aliphatic rings. The summed E-state index contributed by atoms with van der Waals surface area (Å²) in [6.07, 6.45) is 1.04. The van der Waals surface area contributed by atoms with E-state index in [2.05, 4.69) is 11.9 Å². The summed E-state index contributed by atoms with van der Waals surface area (Å²) in [7, 11) is 1.86. The normalized spacial score (nSPS) is 10.4. The van der Waals surface area contributed by atoms with Crippen LogP contribution in [-0.2, 0) is 39.3 Å². The predicted octanol–water partition coefficient (Wildman–Crippen LogP) is 2.05. The smallest absolute Gasteiger partial charge is 0.303 e. The second-order valence-corrected chi connectivity index (χ2v) is 5.32. The summed E-state index contributed by atoms with van der Waals surface area (Å²) >= 11 is 1.62. The lowest BCUT2D eigenvalue weighted by Crippen LogP contribution is -2.08. The first-order valence-corrected chi connectivity index (χ1v) is 7.38. The first-order chi connectivity index (χ1) is 9.45. The van der Waals surface area contributed by atoms with Gasteiger partial charge in [-0.1, -0.05) is 18.7 Å². The molecule has 0 aliphatic heterocycles. The maximum Gasteiger partial charge on any atom is 0.303 e. The Kier molecular flexibility index (Phi) is 6.57. The van der Waals surface area contributed by atoms with Crippen molar-refractivity contribution in [2.24, 2.45) is 7.05 Å². The highest BCUT2D eigenvalue weighted by Crippen LogP contribution is 2.22. The van der Waals surface area contributed by atoms with Crippen molar-refractivity contribution in [1.82, 2.24) is 9.55 Å². The molecule has 0 aliphatic carbocycles. The molecule has 1 rings (SSSR count). The first kappa shape index (κ1) is 16.6. The second-order valence-electron chi connectivity index (χ2n) is 4.26. The zero-order valence-corrected chi connectivity index (χ0v) is 13.1. The number of aromatic nitrogens is 2. The molecule has 0 bridgehead atoms. The van der Waals surface area contributed by atoms with Crippen LogP contribution in [0.2, 0.25) is 0 Å². The van der Waals surface area contributed by atoms with E-state index in [1.165, 1.54) is 13.8 Å². The lowest BCUT2D eigenvalue weighted by molar-refractivity contribution is -0.144. The van der Waals surface area contributed by atoms with E-state index in [-0.39, 0.29) is 25.2 Å². The summed E-state index contributed by atoms with van der Waals surface area (Å²) in [5, 5.41) is 0.830. The highest BCUT2D eigenvalue weighted by molar-refractivity contribution is 7.99. The van der Waals surface area contributed by atoms with Crippen molar-refractivity contribution in [3.05, 3.63) is 11.4 Å². The zero-order valence-electron chi connectivity index (χ0n) is 12.3. The molecule has 0 unspecified atom stereocenters. The van der Waals surface area contributed by atoms with Crippen molar-refractivity contribution in [2.75, 3.05) is 5.75 Å². The Bertz CT molecular complexity index is 485. The molecule has 0 saturated heterocycles. The van der Waals surface area contributed by atoms with Gasteiger partial charge >= 0.3 is 11.9 Å². The standard InChI is InChI=1S/C13H20N2O4S/c1-5-6-20-13-14-11(7-18-9(2)16)12(15(13)4)8-19-10(3)17/h5-8H2,1-4H3. The number of hydrogen-bond acceptors (Lipinski definition) is 6. The Labute approximate surface area is 122 Å². The second kappa shape index (κ2) is 7.94. The molecule has 0 fully saturated rings. The summed E-state index contributed by atoms with van der Waals surface area (Å²) < 4.78 is 11.9. The summed E-state index contributed by atoms with van der Waals surface area (Å²) in [4.78, 5) is 26.3. The number of nitrogens with zero attached hydrogens (tertiary/aromatic N) is 2. The van der Waals surface area contributed by atoms with Gasteiger partial charge in [-0.3, -0.25) is 9.59 Å². The van der Waals surface area contributed by atoms with Crippen LogP contribution in [-0.4, -0.2) is 27.2 Å². The highest BCUT2D eigenvalue weighted by atomic mass is 32.2. The fourth-order valence-electron chi connectivity index (χ4n) is 1.52. The van der Waals surface area contributed by atoms with Gasteiger partial charge in [-0.15, -0.1) is 0 Å². The molecule has 1 aromatic heterocycles. The maximum atomic E-state index is 10.9. The zero-order chi connectivity index (χ0) is 15.1. The number of esters is 2. The van der Waals surface area contributed by atoms with Gasteiger partial charge in [-0.05, 0) is 6.42 Å². The minimum absolute atomic E-state index is 0.0897. The van der Waals surface area contributed by atoms with E-state index in [0.717, 1.165) is 23.0 Å². The van der Waals surface area contributed by atoms with E-state index in [4.69, 9.17) is 9.47 Å².